The van der Waals surface area contributed by atoms with Crippen LogP contribution in [0.25, 0.3) is 0 Å². The number of pyridine rings is 1. The summed E-state index contributed by atoms with van der Waals surface area (Å²) in [5, 5.41) is 15.5. The maximum Gasteiger partial charge on any atom is 0.272 e. The predicted molar refractivity (Wildman–Crippen MR) is 100.0 cm³/mol. The number of carbonyl (C=O) groups excluding carboxylic acids is 1. The van der Waals surface area contributed by atoms with Gasteiger partial charge in [0.25, 0.3) is 5.91 Å². The van der Waals surface area contributed by atoms with Gasteiger partial charge in [0.2, 0.25) is 0 Å². The molecule has 6 heteroatoms. The fraction of sp³-hybridized carbons (Fsp3) is 0.550. The van der Waals surface area contributed by atoms with Crippen molar-refractivity contribution in [1.82, 2.24) is 19.7 Å². The van der Waals surface area contributed by atoms with Crippen molar-refractivity contribution in [2.45, 2.75) is 58.6 Å². The van der Waals surface area contributed by atoms with Crippen LogP contribution >= 0.6 is 0 Å². The monoisotopic (exact) mass is 356 g/mol. The Bertz CT molecular complexity index is 772. The standard InChI is InChI=1S/C20H28N4O2/c1-5-24-17(12-16(22-24)14(2)3)19(25)23-10-8-20(26,9-11-23)18-7-6-15(4)13-21-18/h6-7,12-14,26H,5,8-11H2,1-4H3. The van der Waals surface area contributed by atoms with Gasteiger partial charge in [-0.2, -0.15) is 5.10 Å². The molecule has 6 nitrogen and oxygen atoms in total. The zero-order valence-electron chi connectivity index (χ0n) is 16.1. The van der Waals surface area contributed by atoms with E-state index in [2.05, 4.69) is 23.9 Å². The van der Waals surface area contributed by atoms with Gasteiger partial charge in [0.05, 0.1) is 11.4 Å². The van der Waals surface area contributed by atoms with E-state index in [9.17, 15) is 9.90 Å². The smallest absolute Gasteiger partial charge is 0.272 e. The highest BCUT2D eigenvalue weighted by Crippen LogP contribution is 2.32. The molecule has 0 spiro atoms. The van der Waals surface area contributed by atoms with Crippen molar-refractivity contribution in [2.24, 2.45) is 0 Å². The third-order valence-electron chi connectivity index (χ3n) is 5.18. The molecular formula is C20H28N4O2. The van der Waals surface area contributed by atoms with Crippen LogP contribution in [-0.2, 0) is 12.1 Å². The highest BCUT2D eigenvalue weighted by atomic mass is 16.3. The summed E-state index contributed by atoms with van der Waals surface area (Å²) in [6, 6.07) is 5.75. The molecule has 1 aliphatic rings. The molecule has 26 heavy (non-hydrogen) atoms. The van der Waals surface area contributed by atoms with Gasteiger partial charge >= 0.3 is 0 Å². The first-order chi connectivity index (χ1) is 12.3. The van der Waals surface area contributed by atoms with E-state index in [1.54, 1.807) is 10.9 Å². The van der Waals surface area contributed by atoms with E-state index in [-0.39, 0.29) is 11.8 Å². The van der Waals surface area contributed by atoms with Gasteiger partial charge in [-0.3, -0.25) is 14.5 Å². The lowest BCUT2D eigenvalue weighted by Gasteiger charge is -2.37. The maximum atomic E-state index is 13.0. The quantitative estimate of drug-likeness (QED) is 0.914. The molecule has 1 saturated heterocycles. The predicted octanol–water partition coefficient (Wildman–Crippen LogP) is 2.85. The summed E-state index contributed by atoms with van der Waals surface area (Å²) in [5.74, 6) is 0.276. The van der Waals surface area contributed by atoms with Crippen LogP contribution in [0.3, 0.4) is 0 Å². The van der Waals surface area contributed by atoms with Gasteiger partial charge in [-0.15, -0.1) is 0 Å². The molecule has 0 radical (unpaired) electrons. The van der Waals surface area contributed by atoms with Crippen LogP contribution in [0, 0.1) is 6.92 Å². The number of piperidine rings is 1. The Balaban J connectivity index is 1.73. The number of carbonyl (C=O) groups is 1. The van der Waals surface area contributed by atoms with Crippen molar-refractivity contribution in [3.05, 3.63) is 47.0 Å². The van der Waals surface area contributed by atoms with Gasteiger partial charge in [0.1, 0.15) is 11.3 Å². The topological polar surface area (TPSA) is 71.2 Å². The van der Waals surface area contributed by atoms with Gasteiger partial charge in [-0.25, -0.2) is 0 Å². The van der Waals surface area contributed by atoms with Crippen molar-refractivity contribution in [1.29, 1.82) is 0 Å². The van der Waals surface area contributed by atoms with Crippen molar-refractivity contribution >= 4 is 5.91 Å². The number of rotatable bonds is 4. The Labute approximate surface area is 154 Å². The first-order valence-corrected chi connectivity index (χ1v) is 9.36. The fourth-order valence-corrected chi connectivity index (χ4v) is 3.37. The van der Waals surface area contributed by atoms with E-state index in [1.807, 2.05) is 36.9 Å². The van der Waals surface area contributed by atoms with Crippen molar-refractivity contribution in [3.63, 3.8) is 0 Å². The molecule has 0 bridgehead atoms. The maximum absolute atomic E-state index is 13.0. The van der Waals surface area contributed by atoms with E-state index >= 15 is 0 Å². The Morgan fingerprint density at radius 1 is 1.31 bits per heavy atom. The summed E-state index contributed by atoms with van der Waals surface area (Å²) in [5.41, 5.74) is 2.37. The van der Waals surface area contributed by atoms with Gasteiger partial charge < -0.3 is 10.0 Å². The van der Waals surface area contributed by atoms with Gasteiger partial charge in [-0.1, -0.05) is 19.9 Å². The second-order valence-electron chi connectivity index (χ2n) is 7.47. The van der Waals surface area contributed by atoms with Crippen LogP contribution in [-0.4, -0.2) is 43.8 Å². The Kier molecular flexibility index (Phi) is 5.14. The van der Waals surface area contributed by atoms with Crippen LogP contribution in [0.1, 0.15) is 67.0 Å². The van der Waals surface area contributed by atoms with Crippen LogP contribution in [0.5, 0.6) is 0 Å². The third-order valence-corrected chi connectivity index (χ3v) is 5.18. The average Bonchev–Trinajstić information content (AvgIpc) is 3.07. The van der Waals surface area contributed by atoms with E-state index in [1.165, 1.54) is 0 Å². The molecule has 140 valence electrons. The lowest BCUT2D eigenvalue weighted by Crippen LogP contribution is -2.46. The van der Waals surface area contributed by atoms with Crippen LogP contribution < -0.4 is 0 Å². The number of amides is 1. The first kappa shape index (κ1) is 18.6. The number of hydrogen-bond acceptors (Lipinski definition) is 4. The number of aromatic nitrogens is 3. The summed E-state index contributed by atoms with van der Waals surface area (Å²) in [6.07, 6.45) is 2.76. The number of hydrogen-bond donors (Lipinski definition) is 1. The van der Waals surface area contributed by atoms with Crippen LogP contribution in [0.4, 0.5) is 0 Å². The molecule has 0 unspecified atom stereocenters. The molecule has 1 fully saturated rings. The number of aryl methyl sites for hydroxylation is 2. The van der Waals surface area contributed by atoms with Gasteiger partial charge in [0.15, 0.2) is 0 Å². The molecular weight excluding hydrogens is 328 g/mol. The van der Waals surface area contributed by atoms with E-state index in [4.69, 9.17) is 0 Å². The third kappa shape index (κ3) is 3.51. The molecule has 3 heterocycles. The highest BCUT2D eigenvalue weighted by Gasteiger charge is 2.37. The minimum Gasteiger partial charge on any atom is -0.383 e. The number of likely N-dealkylation sites (tertiary alicyclic amines) is 1. The molecule has 0 aromatic carbocycles. The van der Waals surface area contributed by atoms with Crippen molar-refractivity contribution in [2.75, 3.05) is 13.1 Å². The van der Waals surface area contributed by atoms with Gasteiger partial charge in [-0.05, 0) is 50.3 Å². The van der Waals surface area contributed by atoms with E-state index in [0.717, 1.165) is 11.3 Å². The summed E-state index contributed by atoms with van der Waals surface area (Å²) >= 11 is 0. The summed E-state index contributed by atoms with van der Waals surface area (Å²) in [4.78, 5) is 19.2. The molecule has 1 aliphatic heterocycles. The fourth-order valence-electron chi connectivity index (χ4n) is 3.37. The molecule has 2 aromatic rings. The molecule has 0 aliphatic carbocycles. The lowest BCUT2D eigenvalue weighted by atomic mass is 9.87. The second kappa shape index (κ2) is 7.19. The minimum absolute atomic E-state index is 0.00911. The lowest BCUT2D eigenvalue weighted by molar-refractivity contribution is -0.0246. The molecule has 0 saturated carbocycles. The van der Waals surface area contributed by atoms with Crippen LogP contribution in [0.2, 0.25) is 0 Å². The number of aliphatic hydroxyl groups is 1. The Morgan fingerprint density at radius 2 is 2.00 bits per heavy atom. The largest absolute Gasteiger partial charge is 0.383 e. The molecule has 0 atom stereocenters. The zero-order chi connectivity index (χ0) is 18.9. The SMILES string of the molecule is CCn1nc(C(C)C)cc1C(=O)N1CCC(O)(c2ccc(C)cn2)CC1. The summed E-state index contributed by atoms with van der Waals surface area (Å²) < 4.78 is 1.78. The Morgan fingerprint density at radius 3 is 2.54 bits per heavy atom. The zero-order valence-corrected chi connectivity index (χ0v) is 16.1. The van der Waals surface area contributed by atoms with Gasteiger partial charge in [0, 0.05) is 25.8 Å². The first-order valence-electron chi connectivity index (χ1n) is 9.36. The van der Waals surface area contributed by atoms with E-state index in [0.29, 0.717) is 43.9 Å². The molecule has 1 N–H and O–H groups in total. The summed E-state index contributed by atoms with van der Waals surface area (Å²) in [7, 11) is 0. The average molecular weight is 356 g/mol. The minimum atomic E-state index is -0.960. The molecule has 2 aromatic heterocycles. The van der Waals surface area contributed by atoms with Crippen molar-refractivity contribution in [3.8, 4) is 0 Å². The van der Waals surface area contributed by atoms with Crippen molar-refractivity contribution < 1.29 is 9.90 Å². The molecule has 1 amide bonds. The second-order valence-corrected chi connectivity index (χ2v) is 7.47. The normalized spacial score (nSPS) is 16.9. The summed E-state index contributed by atoms with van der Waals surface area (Å²) in [6.45, 7) is 9.81. The highest BCUT2D eigenvalue weighted by molar-refractivity contribution is 5.92. The number of nitrogens with zero attached hydrogens (tertiary/aromatic N) is 4. The van der Waals surface area contributed by atoms with E-state index < -0.39 is 5.60 Å². The molecule has 3 rings (SSSR count). The van der Waals surface area contributed by atoms with Crippen LogP contribution in [0.15, 0.2) is 24.4 Å². The Hall–Kier alpha value is -2.21.